The highest BCUT2D eigenvalue weighted by Crippen LogP contribution is 2.27. The molecule has 0 aliphatic heterocycles. The predicted octanol–water partition coefficient (Wildman–Crippen LogP) is 3.46. The Morgan fingerprint density at radius 3 is 2.91 bits per heavy atom. The van der Waals surface area contributed by atoms with Crippen molar-refractivity contribution in [2.24, 2.45) is 5.11 Å². The van der Waals surface area contributed by atoms with Crippen LogP contribution >= 0.6 is 0 Å². The minimum absolute atomic E-state index is 0.113. The number of carboxylic acid groups (broad SMARTS) is 1. The van der Waals surface area contributed by atoms with Gasteiger partial charge in [0.2, 0.25) is 5.88 Å². The Kier molecular flexibility index (Phi) is 3.69. The molecule has 9 heteroatoms. The Morgan fingerprint density at radius 1 is 1.26 bits per heavy atom. The van der Waals surface area contributed by atoms with Crippen LogP contribution in [-0.2, 0) is 0 Å². The van der Waals surface area contributed by atoms with Crippen LogP contribution in [0.2, 0.25) is 0 Å². The second-order valence-corrected chi connectivity index (χ2v) is 4.38. The van der Waals surface area contributed by atoms with Crippen LogP contribution < -0.4 is 4.74 Å². The van der Waals surface area contributed by atoms with Crippen LogP contribution in [0.15, 0.2) is 48.1 Å². The molecule has 9 nitrogen and oxygen atoms in total. The van der Waals surface area contributed by atoms with Gasteiger partial charge in [-0.25, -0.2) is 14.8 Å². The number of nitrogens with zero attached hydrogens (tertiary/aromatic N) is 6. The number of pyridine rings is 1. The fourth-order valence-corrected chi connectivity index (χ4v) is 2.00. The SMILES string of the molecule is [N-]=[N+]=Nc1cc(Oc2ccc3c(C(=O)O)cncc3c2)ncn1. The summed E-state index contributed by atoms with van der Waals surface area (Å²) >= 11 is 0. The molecular weight excluding hydrogens is 300 g/mol. The number of fused-ring (bicyclic) bond motifs is 1. The van der Waals surface area contributed by atoms with Crippen LogP contribution in [0.4, 0.5) is 5.82 Å². The Balaban J connectivity index is 1.97. The highest BCUT2D eigenvalue weighted by atomic mass is 16.5. The summed E-state index contributed by atoms with van der Waals surface area (Å²) in [5, 5.41) is 13.7. The molecule has 0 aliphatic carbocycles. The van der Waals surface area contributed by atoms with Gasteiger partial charge in [-0.2, -0.15) is 0 Å². The first kappa shape index (κ1) is 14.2. The molecule has 0 unspecified atom stereocenters. The van der Waals surface area contributed by atoms with E-state index in [1.165, 1.54) is 18.6 Å². The molecule has 0 fully saturated rings. The zero-order valence-electron chi connectivity index (χ0n) is 11.5. The molecule has 0 aliphatic rings. The van der Waals surface area contributed by atoms with Crippen molar-refractivity contribution in [1.29, 1.82) is 0 Å². The first-order valence-corrected chi connectivity index (χ1v) is 6.33. The van der Waals surface area contributed by atoms with Gasteiger partial charge in [-0.05, 0) is 34.2 Å². The number of aromatic nitrogens is 3. The zero-order valence-corrected chi connectivity index (χ0v) is 11.5. The van der Waals surface area contributed by atoms with E-state index >= 15 is 0 Å². The topological polar surface area (TPSA) is 134 Å². The third-order valence-electron chi connectivity index (χ3n) is 2.96. The largest absolute Gasteiger partial charge is 0.478 e. The highest BCUT2D eigenvalue weighted by Gasteiger charge is 2.10. The maximum absolute atomic E-state index is 11.2. The lowest BCUT2D eigenvalue weighted by Crippen LogP contribution is -1.98. The second-order valence-electron chi connectivity index (χ2n) is 4.38. The number of hydrogen-bond donors (Lipinski definition) is 1. The fourth-order valence-electron chi connectivity index (χ4n) is 2.00. The Labute approximate surface area is 128 Å². The van der Waals surface area contributed by atoms with Crippen molar-refractivity contribution in [1.82, 2.24) is 15.0 Å². The molecule has 3 rings (SSSR count). The molecule has 0 spiro atoms. The predicted molar refractivity (Wildman–Crippen MR) is 79.6 cm³/mol. The Morgan fingerprint density at radius 2 is 2.13 bits per heavy atom. The van der Waals surface area contributed by atoms with E-state index in [0.29, 0.717) is 16.5 Å². The van der Waals surface area contributed by atoms with Gasteiger partial charge in [-0.3, -0.25) is 4.98 Å². The molecule has 2 heterocycles. The van der Waals surface area contributed by atoms with Crippen molar-refractivity contribution in [2.75, 3.05) is 0 Å². The van der Waals surface area contributed by atoms with Gasteiger partial charge in [0.25, 0.3) is 0 Å². The maximum Gasteiger partial charge on any atom is 0.337 e. The molecule has 0 saturated heterocycles. The van der Waals surface area contributed by atoms with Crippen molar-refractivity contribution in [3.8, 4) is 11.6 Å². The summed E-state index contributed by atoms with van der Waals surface area (Å²) in [7, 11) is 0. The molecule has 2 aromatic heterocycles. The van der Waals surface area contributed by atoms with Crippen LogP contribution in [-0.4, -0.2) is 26.0 Å². The van der Waals surface area contributed by atoms with E-state index in [0.717, 1.165) is 0 Å². The summed E-state index contributed by atoms with van der Waals surface area (Å²) < 4.78 is 5.56. The lowest BCUT2D eigenvalue weighted by atomic mass is 10.1. The summed E-state index contributed by atoms with van der Waals surface area (Å²) in [5.74, 6) is -0.281. The molecule has 0 amide bonds. The maximum atomic E-state index is 11.2. The van der Waals surface area contributed by atoms with Gasteiger partial charge in [0.1, 0.15) is 17.9 Å². The summed E-state index contributed by atoms with van der Waals surface area (Å²) in [6.45, 7) is 0. The van der Waals surface area contributed by atoms with Gasteiger partial charge in [0, 0.05) is 28.8 Å². The van der Waals surface area contributed by atoms with E-state index in [2.05, 4.69) is 25.0 Å². The van der Waals surface area contributed by atoms with Crippen LogP contribution in [0.25, 0.3) is 21.2 Å². The summed E-state index contributed by atoms with van der Waals surface area (Å²) in [6, 6.07) is 6.27. The summed E-state index contributed by atoms with van der Waals surface area (Å²) in [6.07, 6.45) is 4.05. The van der Waals surface area contributed by atoms with Gasteiger partial charge >= 0.3 is 5.97 Å². The quantitative estimate of drug-likeness (QED) is 0.445. The lowest BCUT2D eigenvalue weighted by Gasteiger charge is -2.07. The Hall–Kier alpha value is -3.71. The van der Waals surface area contributed by atoms with Crippen LogP contribution in [0.3, 0.4) is 0 Å². The number of carboxylic acids is 1. The molecular formula is C14H8N6O3. The van der Waals surface area contributed by atoms with Crippen LogP contribution in [0, 0.1) is 0 Å². The van der Waals surface area contributed by atoms with Gasteiger partial charge < -0.3 is 9.84 Å². The summed E-state index contributed by atoms with van der Waals surface area (Å²) in [4.78, 5) is 25.4. The van der Waals surface area contributed by atoms with E-state index in [1.807, 2.05) is 0 Å². The van der Waals surface area contributed by atoms with Crippen molar-refractivity contribution in [3.63, 3.8) is 0 Å². The fraction of sp³-hybridized carbons (Fsp3) is 0. The molecule has 0 atom stereocenters. The number of carbonyl (C=O) groups is 1. The van der Waals surface area contributed by atoms with Crippen molar-refractivity contribution >= 4 is 22.6 Å². The number of azide groups is 1. The van der Waals surface area contributed by atoms with Crippen LogP contribution in [0.5, 0.6) is 11.6 Å². The zero-order chi connectivity index (χ0) is 16.2. The van der Waals surface area contributed by atoms with Gasteiger partial charge in [-0.15, -0.1) is 0 Å². The van der Waals surface area contributed by atoms with E-state index in [4.69, 9.17) is 15.4 Å². The summed E-state index contributed by atoms with van der Waals surface area (Å²) in [5.41, 5.74) is 8.50. The molecule has 1 aromatic carbocycles. The van der Waals surface area contributed by atoms with Gasteiger partial charge in [0.05, 0.1) is 5.56 Å². The minimum Gasteiger partial charge on any atom is -0.478 e. The number of benzene rings is 1. The number of ether oxygens (including phenoxy) is 1. The van der Waals surface area contributed by atoms with E-state index in [1.54, 1.807) is 24.4 Å². The molecule has 0 bridgehead atoms. The van der Waals surface area contributed by atoms with E-state index in [-0.39, 0.29) is 17.3 Å². The lowest BCUT2D eigenvalue weighted by molar-refractivity contribution is 0.0698. The van der Waals surface area contributed by atoms with E-state index in [9.17, 15) is 4.79 Å². The minimum atomic E-state index is -1.05. The Bertz CT molecular complexity index is 952. The molecule has 1 N–H and O–H groups in total. The van der Waals surface area contributed by atoms with E-state index < -0.39 is 5.97 Å². The molecule has 112 valence electrons. The van der Waals surface area contributed by atoms with Crippen molar-refractivity contribution in [3.05, 3.63) is 59.0 Å². The highest BCUT2D eigenvalue weighted by molar-refractivity contribution is 6.03. The molecule has 0 radical (unpaired) electrons. The van der Waals surface area contributed by atoms with Crippen LogP contribution in [0.1, 0.15) is 10.4 Å². The average molecular weight is 308 g/mol. The molecule has 0 saturated carbocycles. The van der Waals surface area contributed by atoms with Crippen molar-refractivity contribution in [2.45, 2.75) is 0 Å². The first-order valence-electron chi connectivity index (χ1n) is 6.33. The number of aromatic carboxylic acids is 1. The standard InChI is InChI=1S/C14H8N6O3/c15-20-19-12-4-13(18-7-17-12)23-9-1-2-10-8(3-9)5-16-6-11(10)14(21)22/h1-7H,(H,21,22). The van der Waals surface area contributed by atoms with Gasteiger partial charge in [0.15, 0.2) is 0 Å². The normalized spacial score (nSPS) is 10.1. The number of hydrogen-bond acceptors (Lipinski definition) is 6. The third-order valence-corrected chi connectivity index (χ3v) is 2.96. The molecule has 3 aromatic rings. The first-order chi connectivity index (χ1) is 11.2. The average Bonchev–Trinajstić information content (AvgIpc) is 2.54. The molecule has 23 heavy (non-hydrogen) atoms. The van der Waals surface area contributed by atoms with Crippen molar-refractivity contribution < 1.29 is 14.6 Å². The smallest absolute Gasteiger partial charge is 0.337 e. The monoisotopic (exact) mass is 308 g/mol. The third kappa shape index (κ3) is 2.99. The number of rotatable bonds is 4. The second kappa shape index (κ2) is 5.96. The van der Waals surface area contributed by atoms with Gasteiger partial charge in [-0.1, -0.05) is 0 Å².